The van der Waals surface area contributed by atoms with Crippen molar-refractivity contribution in [1.29, 1.82) is 0 Å². The summed E-state index contributed by atoms with van der Waals surface area (Å²) in [7, 11) is 0. The normalized spacial score (nSPS) is 14.0. The van der Waals surface area contributed by atoms with Crippen LogP contribution in [0.15, 0.2) is 111 Å². The Kier molecular flexibility index (Phi) is 6.11. The van der Waals surface area contributed by atoms with E-state index in [-0.39, 0.29) is 5.54 Å². The van der Waals surface area contributed by atoms with Crippen LogP contribution in [0.3, 0.4) is 0 Å². The highest BCUT2D eigenvalue weighted by atomic mass is 15.4. The fraction of sp³-hybridized carbons (Fsp3) is 0.171. The summed E-state index contributed by atoms with van der Waals surface area (Å²) in [6.45, 7) is 15.3. The topological polar surface area (TPSA) is 34.6 Å². The van der Waals surface area contributed by atoms with Gasteiger partial charge in [-0.25, -0.2) is 4.68 Å². The van der Waals surface area contributed by atoms with Gasteiger partial charge >= 0.3 is 0 Å². The first-order valence-electron chi connectivity index (χ1n) is 13.6. The van der Waals surface area contributed by atoms with Gasteiger partial charge in [-0.1, -0.05) is 86.8 Å². The number of hydrogen-bond acceptors (Lipinski definition) is 2. The average Bonchev–Trinajstić information content (AvgIpc) is 3.48. The highest BCUT2D eigenvalue weighted by molar-refractivity contribution is 5.97. The predicted molar refractivity (Wildman–Crippen MR) is 161 cm³/mol. The van der Waals surface area contributed by atoms with Crippen molar-refractivity contribution in [1.82, 2.24) is 15.0 Å². The van der Waals surface area contributed by atoms with Crippen molar-refractivity contribution >= 4 is 21.9 Å². The molecule has 0 spiro atoms. The molecule has 3 aromatic carbocycles. The number of allylic oxidation sites excluding steroid dienone is 4. The molecule has 1 aliphatic rings. The third-order valence-electron chi connectivity index (χ3n) is 8.29. The molecule has 39 heavy (non-hydrogen) atoms. The predicted octanol–water partition coefficient (Wildman–Crippen LogP) is 8.17. The minimum absolute atomic E-state index is 0.156. The highest BCUT2D eigenvalue weighted by Gasteiger charge is 2.47. The van der Waals surface area contributed by atoms with Crippen LogP contribution >= 0.6 is 0 Å². The van der Waals surface area contributed by atoms with Gasteiger partial charge in [-0.2, -0.15) is 4.57 Å². The molecule has 0 saturated carbocycles. The summed E-state index contributed by atoms with van der Waals surface area (Å²) in [5.41, 5.74) is 9.47. The molecule has 4 heteroatoms. The summed E-state index contributed by atoms with van der Waals surface area (Å²) in [5, 5.41) is 11.5. The van der Waals surface area contributed by atoms with Crippen molar-refractivity contribution < 1.29 is 4.57 Å². The van der Waals surface area contributed by atoms with Gasteiger partial charge < -0.3 is 0 Å². The molecule has 0 radical (unpaired) electrons. The summed E-state index contributed by atoms with van der Waals surface area (Å²) in [4.78, 5) is 0. The van der Waals surface area contributed by atoms with Gasteiger partial charge in [0.2, 0.25) is 5.69 Å². The van der Waals surface area contributed by atoms with Crippen LogP contribution in [0.2, 0.25) is 0 Å². The van der Waals surface area contributed by atoms with Crippen LogP contribution in [-0.2, 0) is 5.54 Å². The number of pyridine rings is 1. The van der Waals surface area contributed by atoms with Crippen molar-refractivity contribution in [2.45, 2.75) is 39.2 Å². The second-order valence-electron chi connectivity index (χ2n) is 10.2. The number of benzene rings is 3. The molecule has 2 aromatic heterocycles. The third-order valence-corrected chi connectivity index (χ3v) is 8.29. The number of hydrogen-bond donors (Lipinski definition) is 0. The zero-order valence-corrected chi connectivity index (χ0v) is 22.9. The number of aromatic nitrogens is 4. The molecule has 0 unspecified atom stereocenters. The van der Waals surface area contributed by atoms with E-state index in [4.69, 9.17) is 0 Å². The first kappa shape index (κ1) is 24.7. The molecule has 0 saturated heterocycles. The molecule has 0 fully saturated rings. The van der Waals surface area contributed by atoms with Crippen molar-refractivity contribution in [3.63, 3.8) is 0 Å². The lowest BCUT2D eigenvalue weighted by Crippen LogP contribution is -2.59. The molecule has 3 heterocycles. The maximum absolute atomic E-state index is 4.64. The Balaban J connectivity index is 1.49. The maximum Gasteiger partial charge on any atom is 0.221 e. The zero-order valence-electron chi connectivity index (χ0n) is 22.9. The fourth-order valence-corrected chi connectivity index (χ4v) is 6.09. The molecule has 1 aliphatic heterocycles. The summed E-state index contributed by atoms with van der Waals surface area (Å²) >= 11 is 0. The molecule has 0 bridgehead atoms. The van der Waals surface area contributed by atoms with Crippen molar-refractivity contribution in [3.8, 4) is 28.2 Å². The molecule has 0 N–H and O–H groups in total. The van der Waals surface area contributed by atoms with Gasteiger partial charge in [0, 0.05) is 30.0 Å². The van der Waals surface area contributed by atoms with E-state index >= 15 is 0 Å². The molecular formula is C35H33N4+. The lowest BCUT2D eigenvalue weighted by atomic mass is 9.75. The van der Waals surface area contributed by atoms with Gasteiger partial charge in [-0.15, -0.1) is 5.10 Å². The Morgan fingerprint density at radius 1 is 0.974 bits per heavy atom. The second kappa shape index (κ2) is 9.63. The van der Waals surface area contributed by atoms with Crippen LogP contribution in [0, 0.1) is 0 Å². The minimum Gasteiger partial charge on any atom is -0.220 e. The van der Waals surface area contributed by atoms with Gasteiger partial charge in [0.05, 0.1) is 22.8 Å². The molecular weight excluding hydrogens is 476 g/mol. The zero-order chi connectivity index (χ0) is 27.1. The summed E-state index contributed by atoms with van der Waals surface area (Å²) < 4.78 is 4.32. The minimum atomic E-state index is -0.156. The Hall–Kier alpha value is -4.57. The van der Waals surface area contributed by atoms with E-state index in [1.807, 2.05) is 36.0 Å². The Bertz CT molecular complexity index is 1780. The average molecular weight is 510 g/mol. The van der Waals surface area contributed by atoms with E-state index in [0.717, 1.165) is 40.9 Å². The van der Waals surface area contributed by atoms with E-state index < -0.39 is 0 Å². The lowest BCUT2D eigenvalue weighted by Gasteiger charge is -2.35. The molecule has 0 atom stereocenters. The van der Waals surface area contributed by atoms with Crippen LogP contribution in [0.4, 0.5) is 0 Å². The van der Waals surface area contributed by atoms with Crippen molar-refractivity contribution in [2.75, 3.05) is 0 Å². The smallest absolute Gasteiger partial charge is 0.220 e. The Morgan fingerprint density at radius 3 is 2.59 bits per heavy atom. The quantitative estimate of drug-likeness (QED) is 0.171. The molecule has 0 amide bonds. The standard InChI is InChI=1S/C35H33N4/c1-6-12-24(4)27-14-11-15-28(21-27)33-23-39(37-36-33)29-17-18-30-25(5)35(7-2,8-3)38-20-19-26-13-9-10-16-31(26)34(38)32(30)22-29/h6,9-23H,4-5,7-8H2,1-3H3/q+1. The van der Waals surface area contributed by atoms with E-state index in [0.29, 0.717) is 0 Å². The SMILES string of the molecule is C=C(C=CC)c1cccc(-c2cn(-c3ccc4c(c3)-c3c5ccccc5cc[n+]3C(CC)(CC)C4=C)nn2)c1. The number of fused-ring (bicyclic) bond motifs is 5. The first-order chi connectivity index (χ1) is 19.0. The van der Waals surface area contributed by atoms with E-state index in [9.17, 15) is 0 Å². The van der Waals surface area contributed by atoms with Gasteiger partial charge in [0.15, 0.2) is 11.7 Å². The van der Waals surface area contributed by atoms with Crippen LogP contribution < -0.4 is 4.57 Å². The van der Waals surface area contributed by atoms with Crippen LogP contribution in [-0.4, -0.2) is 15.0 Å². The maximum atomic E-state index is 4.64. The van der Waals surface area contributed by atoms with E-state index in [1.54, 1.807) is 0 Å². The fourth-order valence-electron chi connectivity index (χ4n) is 6.09. The van der Waals surface area contributed by atoms with Crippen LogP contribution in [0.25, 0.3) is 50.1 Å². The van der Waals surface area contributed by atoms with E-state index in [1.165, 1.54) is 33.2 Å². The largest absolute Gasteiger partial charge is 0.221 e. The molecule has 192 valence electrons. The molecule has 5 aromatic rings. The second-order valence-corrected chi connectivity index (χ2v) is 10.2. The summed E-state index contributed by atoms with van der Waals surface area (Å²) in [6.07, 6.45) is 10.2. The van der Waals surface area contributed by atoms with Gasteiger partial charge in [0.1, 0.15) is 5.69 Å². The van der Waals surface area contributed by atoms with Gasteiger partial charge in [-0.3, -0.25) is 0 Å². The number of rotatable bonds is 6. The summed E-state index contributed by atoms with van der Waals surface area (Å²) in [5.74, 6) is 0. The Labute approximate surface area is 230 Å². The Morgan fingerprint density at radius 2 is 1.79 bits per heavy atom. The molecule has 6 rings (SSSR count). The van der Waals surface area contributed by atoms with Gasteiger partial charge in [-0.05, 0) is 53.3 Å². The third kappa shape index (κ3) is 3.87. The highest BCUT2D eigenvalue weighted by Crippen LogP contribution is 2.45. The summed E-state index contributed by atoms with van der Waals surface area (Å²) in [6, 6.07) is 25.7. The van der Waals surface area contributed by atoms with Crippen molar-refractivity contribution in [2.24, 2.45) is 0 Å². The molecule has 0 aliphatic carbocycles. The van der Waals surface area contributed by atoms with Gasteiger partial charge in [0.25, 0.3) is 0 Å². The monoisotopic (exact) mass is 509 g/mol. The molecule has 4 nitrogen and oxygen atoms in total. The van der Waals surface area contributed by atoms with E-state index in [2.05, 4.69) is 115 Å². The van der Waals surface area contributed by atoms with Crippen molar-refractivity contribution in [3.05, 3.63) is 122 Å². The lowest BCUT2D eigenvalue weighted by molar-refractivity contribution is -0.740. The van der Waals surface area contributed by atoms with Crippen LogP contribution in [0.5, 0.6) is 0 Å². The first-order valence-corrected chi connectivity index (χ1v) is 13.6. The number of nitrogens with zero attached hydrogens (tertiary/aromatic N) is 4. The van der Waals surface area contributed by atoms with Crippen LogP contribution in [0.1, 0.15) is 44.7 Å².